The molecule has 0 radical (unpaired) electrons. The van der Waals surface area contributed by atoms with Crippen molar-refractivity contribution in [1.82, 2.24) is 4.90 Å². The second-order valence-electron chi connectivity index (χ2n) is 3.25. The van der Waals surface area contributed by atoms with Gasteiger partial charge in [0, 0.05) is 12.6 Å². The van der Waals surface area contributed by atoms with Crippen molar-refractivity contribution < 1.29 is 5.11 Å². The second kappa shape index (κ2) is 4.44. The zero-order chi connectivity index (χ0) is 8.97. The summed E-state index contributed by atoms with van der Waals surface area (Å²) in [5.74, 6) is 0. The van der Waals surface area contributed by atoms with Crippen LogP contribution in [0.2, 0.25) is 0 Å². The van der Waals surface area contributed by atoms with Crippen LogP contribution < -0.4 is 0 Å². The van der Waals surface area contributed by atoms with Crippen LogP contribution in [0.5, 0.6) is 0 Å². The highest BCUT2D eigenvalue weighted by Gasteiger charge is 2.32. The van der Waals surface area contributed by atoms with E-state index < -0.39 is 0 Å². The number of hydrogen-bond donors (Lipinski definition) is 1. The molecule has 0 saturated heterocycles. The smallest absolute Gasteiger partial charge is 0.0978 e. The maximum absolute atomic E-state index is 8.83. The van der Waals surface area contributed by atoms with Crippen molar-refractivity contribution in [3.05, 3.63) is 0 Å². The van der Waals surface area contributed by atoms with Gasteiger partial charge in [-0.3, -0.25) is 4.90 Å². The Labute approximate surface area is 73.6 Å². The summed E-state index contributed by atoms with van der Waals surface area (Å²) in [4.78, 5) is 2.12. The lowest BCUT2D eigenvalue weighted by molar-refractivity contribution is 0.163. The van der Waals surface area contributed by atoms with Crippen LogP contribution in [-0.4, -0.2) is 35.2 Å². The lowest BCUT2D eigenvalue weighted by atomic mass is 10.2. The van der Waals surface area contributed by atoms with Gasteiger partial charge in [-0.2, -0.15) is 5.26 Å². The highest BCUT2D eigenvalue weighted by atomic mass is 16.3. The van der Waals surface area contributed by atoms with Gasteiger partial charge in [-0.15, -0.1) is 0 Å². The van der Waals surface area contributed by atoms with E-state index in [9.17, 15) is 0 Å². The van der Waals surface area contributed by atoms with Crippen LogP contribution in [0.1, 0.15) is 26.2 Å². The summed E-state index contributed by atoms with van der Waals surface area (Å²) in [5, 5.41) is 17.6. The molecule has 12 heavy (non-hydrogen) atoms. The number of rotatable bonds is 5. The molecule has 0 heterocycles. The zero-order valence-electron chi connectivity index (χ0n) is 7.53. The van der Waals surface area contributed by atoms with Crippen molar-refractivity contribution in [2.75, 3.05) is 13.2 Å². The molecule has 1 unspecified atom stereocenters. The molecule has 0 amide bonds. The Morgan fingerprint density at radius 3 is 2.67 bits per heavy atom. The first-order valence-electron chi connectivity index (χ1n) is 4.59. The molecule has 1 aliphatic rings. The van der Waals surface area contributed by atoms with Crippen LogP contribution >= 0.6 is 0 Å². The Kier molecular flexibility index (Phi) is 3.51. The van der Waals surface area contributed by atoms with Crippen LogP contribution in [0.3, 0.4) is 0 Å². The summed E-state index contributed by atoms with van der Waals surface area (Å²) in [6.45, 7) is 2.83. The Hall–Kier alpha value is -0.590. The van der Waals surface area contributed by atoms with Crippen molar-refractivity contribution >= 4 is 0 Å². The van der Waals surface area contributed by atoms with Crippen molar-refractivity contribution in [1.29, 1.82) is 5.26 Å². The third kappa shape index (κ3) is 2.20. The second-order valence-corrected chi connectivity index (χ2v) is 3.25. The molecule has 1 saturated carbocycles. The lowest BCUT2D eigenvalue weighted by Crippen LogP contribution is -2.37. The van der Waals surface area contributed by atoms with E-state index in [4.69, 9.17) is 10.4 Å². The molecule has 0 aromatic heterocycles. The average Bonchev–Trinajstić information content (AvgIpc) is 2.88. The molecule has 3 nitrogen and oxygen atoms in total. The first kappa shape index (κ1) is 9.50. The van der Waals surface area contributed by atoms with Gasteiger partial charge >= 0.3 is 0 Å². The normalized spacial score (nSPS) is 19.2. The minimum Gasteiger partial charge on any atom is -0.395 e. The molecule has 0 spiro atoms. The van der Waals surface area contributed by atoms with Gasteiger partial charge in [0.1, 0.15) is 0 Å². The first-order valence-corrected chi connectivity index (χ1v) is 4.59. The van der Waals surface area contributed by atoms with Crippen molar-refractivity contribution in [3.8, 4) is 6.07 Å². The molecular formula is C9H16N2O. The maximum Gasteiger partial charge on any atom is 0.0978 e. The minimum absolute atomic E-state index is 0.00431. The van der Waals surface area contributed by atoms with Crippen LogP contribution in [-0.2, 0) is 0 Å². The molecule has 3 heteroatoms. The van der Waals surface area contributed by atoms with Crippen LogP contribution in [0.4, 0.5) is 0 Å². The summed E-state index contributed by atoms with van der Waals surface area (Å²) in [6, 6.07) is 2.85. The Morgan fingerprint density at radius 1 is 1.67 bits per heavy atom. The van der Waals surface area contributed by atoms with E-state index in [1.165, 1.54) is 12.8 Å². The van der Waals surface area contributed by atoms with E-state index in [1.807, 2.05) is 6.92 Å². The number of nitrogens with zero attached hydrogens (tertiary/aromatic N) is 2. The van der Waals surface area contributed by atoms with Gasteiger partial charge in [-0.1, -0.05) is 6.92 Å². The predicted octanol–water partition coefficient (Wildman–Crippen LogP) is 0.745. The number of hydrogen-bond acceptors (Lipinski definition) is 3. The van der Waals surface area contributed by atoms with Gasteiger partial charge in [-0.05, 0) is 19.3 Å². The van der Waals surface area contributed by atoms with E-state index in [1.54, 1.807) is 0 Å². The summed E-state index contributed by atoms with van der Waals surface area (Å²) in [5.41, 5.74) is 0. The van der Waals surface area contributed by atoms with E-state index in [0.29, 0.717) is 12.6 Å². The SMILES string of the molecule is CCC(C#N)N(CCO)C1CC1. The molecule has 1 N–H and O–H groups in total. The minimum atomic E-state index is 0.00431. The van der Waals surface area contributed by atoms with Crippen LogP contribution in [0.25, 0.3) is 0 Å². The molecule has 0 aliphatic heterocycles. The van der Waals surface area contributed by atoms with E-state index in [2.05, 4.69) is 11.0 Å². The summed E-state index contributed by atoms with van der Waals surface area (Å²) in [7, 11) is 0. The van der Waals surface area contributed by atoms with E-state index in [-0.39, 0.29) is 12.6 Å². The topological polar surface area (TPSA) is 47.3 Å². The molecular weight excluding hydrogens is 152 g/mol. The fourth-order valence-corrected chi connectivity index (χ4v) is 1.51. The Bertz CT molecular complexity index is 172. The molecule has 1 atom stereocenters. The van der Waals surface area contributed by atoms with Gasteiger partial charge in [-0.25, -0.2) is 0 Å². The van der Waals surface area contributed by atoms with E-state index >= 15 is 0 Å². The largest absolute Gasteiger partial charge is 0.395 e. The van der Waals surface area contributed by atoms with E-state index in [0.717, 1.165) is 6.42 Å². The molecule has 1 rings (SSSR count). The van der Waals surface area contributed by atoms with Gasteiger partial charge in [0.05, 0.1) is 18.7 Å². The maximum atomic E-state index is 8.83. The molecule has 1 aliphatic carbocycles. The lowest BCUT2D eigenvalue weighted by Gasteiger charge is -2.24. The van der Waals surface area contributed by atoms with Crippen molar-refractivity contribution in [2.24, 2.45) is 0 Å². The molecule has 0 aromatic rings. The van der Waals surface area contributed by atoms with Crippen LogP contribution in [0.15, 0.2) is 0 Å². The molecule has 0 aromatic carbocycles. The summed E-state index contributed by atoms with van der Waals surface area (Å²) < 4.78 is 0. The molecule has 1 fully saturated rings. The summed E-state index contributed by atoms with van der Waals surface area (Å²) in [6.07, 6.45) is 3.24. The number of aliphatic hydroxyl groups excluding tert-OH is 1. The van der Waals surface area contributed by atoms with Gasteiger partial charge in [0.2, 0.25) is 0 Å². The molecule has 68 valence electrons. The summed E-state index contributed by atoms with van der Waals surface area (Å²) >= 11 is 0. The monoisotopic (exact) mass is 168 g/mol. The van der Waals surface area contributed by atoms with Crippen LogP contribution in [0, 0.1) is 11.3 Å². The predicted molar refractivity (Wildman–Crippen MR) is 46.5 cm³/mol. The quantitative estimate of drug-likeness (QED) is 0.658. The number of nitriles is 1. The van der Waals surface area contributed by atoms with Gasteiger partial charge in [0.25, 0.3) is 0 Å². The zero-order valence-corrected chi connectivity index (χ0v) is 7.53. The fraction of sp³-hybridized carbons (Fsp3) is 0.889. The van der Waals surface area contributed by atoms with Crippen molar-refractivity contribution in [3.63, 3.8) is 0 Å². The highest BCUT2D eigenvalue weighted by Crippen LogP contribution is 2.28. The van der Waals surface area contributed by atoms with Crippen molar-refractivity contribution in [2.45, 2.75) is 38.3 Å². The standard InChI is InChI=1S/C9H16N2O/c1-2-8(7-10)11(5-6-12)9-3-4-9/h8-9,12H,2-6H2,1H3. The third-order valence-electron chi connectivity index (χ3n) is 2.31. The third-order valence-corrected chi connectivity index (χ3v) is 2.31. The van der Waals surface area contributed by atoms with Gasteiger partial charge < -0.3 is 5.11 Å². The first-order chi connectivity index (χ1) is 5.83. The highest BCUT2D eigenvalue weighted by molar-refractivity contribution is 4.97. The Balaban J connectivity index is 2.45. The Morgan fingerprint density at radius 2 is 2.33 bits per heavy atom. The number of aliphatic hydroxyl groups is 1. The van der Waals surface area contributed by atoms with Gasteiger partial charge in [0.15, 0.2) is 0 Å². The molecule has 0 bridgehead atoms. The fourth-order valence-electron chi connectivity index (χ4n) is 1.51. The average molecular weight is 168 g/mol.